The zero-order valence-corrected chi connectivity index (χ0v) is 25.5. The second-order valence-corrected chi connectivity index (χ2v) is 10.6. The molecule has 4 amide bonds. The zero-order chi connectivity index (χ0) is 27.4. The van der Waals surface area contributed by atoms with Gasteiger partial charge in [-0.25, -0.2) is 0 Å². The van der Waals surface area contributed by atoms with E-state index in [1.165, 1.54) is 0 Å². The minimum absolute atomic E-state index is 0.0539. The fourth-order valence-corrected chi connectivity index (χ4v) is 7.06. The van der Waals surface area contributed by atoms with E-state index in [-0.39, 0.29) is 52.3 Å². The third kappa shape index (κ3) is 9.97. The molecule has 0 aromatic heterocycles. The van der Waals surface area contributed by atoms with Crippen molar-refractivity contribution in [1.82, 2.24) is 16.0 Å². The first-order valence-electron chi connectivity index (χ1n) is 10.6. The second-order valence-electron chi connectivity index (χ2n) is 7.35. The Morgan fingerprint density at radius 2 is 1.47 bits per heavy atom. The summed E-state index contributed by atoms with van der Waals surface area (Å²) in [4.78, 5) is 49.8. The number of nitrogens with one attached hydrogen (secondary N) is 4. The van der Waals surface area contributed by atoms with E-state index >= 15 is 0 Å². The van der Waals surface area contributed by atoms with Crippen molar-refractivity contribution in [1.29, 1.82) is 0 Å². The summed E-state index contributed by atoms with van der Waals surface area (Å²) in [5.41, 5.74) is 0.424. The van der Waals surface area contributed by atoms with Crippen LogP contribution in [0.1, 0.15) is 33.6 Å². The number of hydrogen-bond donors (Lipinski definition) is 7. The average molecular weight is 845 g/mol. The van der Waals surface area contributed by atoms with Gasteiger partial charge < -0.3 is 41.7 Å². The molecule has 0 aliphatic carbocycles. The van der Waals surface area contributed by atoms with Crippen LogP contribution in [0, 0.1) is 10.7 Å². The van der Waals surface area contributed by atoms with Crippen molar-refractivity contribution in [2.75, 3.05) is 38.2 Å². The molecule has 0 saturated heterocycles. The number of amides is 4. The lowest BCUT2D eigenvalue weighted by Gasteiger charge is -2.20. The Kier molecular flexibility index (Phi) is 15.2. The Labute approximate surface area is 248 Å². The van der Waals surface area contributed by atoms with Crippen LogP contribution in [0.4, 0.5) is 5.69 Å². The van der Waals surface area contributed by atoms with Crippen molar-refractivity contribution < 1.29 is 39.6 Å². The monoisotopic (exact) mass is 845 g/mol. The van der Waals surface area contributed by atoms with Crippen molar-refractivity contribution in [2.24, 2.45) is 0 Å². The van der Waals surface area contributed by atoms with E-state index in [4.69, 9.17) is 15.3 Å². The molecule has 12 nitrogen and oxygen atoms in total. The molecule has 0 saturated carbocycles. The first-order chi connectivity index (χ1) is 17.0. The third-order valence-corrected chi connectivity index (χ3v) is 7.78. The molecule has 200 valence electrons. The Morgan fingerprint density at radius 3 is 1.97 bits per heavy atom. The Hall–Kier alpha value is -1.13. The number of rotatable bonds is 14. The average Bonchev–Trinajstić information content (AvgIpc) is 2.85. The van der Waals surface area contributed by atoms with Gasteiger partial charge >= 0.3 is 0 Å². The van der Waals surface area contributed by atoms with Gasteiger partial charge in [-0.1, -0.05) is 6.58 Å². The van der Waals surface area contributed by atoms with Gasteiger partial charge in [0.05, 0.1) is 43.2 Å². The van der Waals surface area contributed by atoms with Crippen LogP contribution in [0.2, 0.25) is 0 Å². The standard InChI is InChI=1S/C21H27I3N4O8/c1-2-12(33)25-5-3-4-13(34)28-19-17(23)14(20(35)26-6-10(31)8-29)16(22)15(18(19)24)21(36)27-7-11(32)9-30/h2,10-11,29-32H,1,3-9H2,(H,25,33)(H,26,35)(H,27,36)(H,28,34)/p+1. The van der Waals surface area contributed by atoms with Crippen LogP contribution in [0.25, 0.3) is 0 Å². The molecule has 0 spiro atoms. The molecule has 0 bridgehead atoms. The zero-order valence-electron chi connectivity index (χ0n) is 19.0. The minimum Gasteiger partial charge on any atom is -0.440 e. The van der Waals surface area contributed by atoms with Gasteiger partial charge in [0.1, 0.15) is 6.61 Å². The predicted molar refractivity (Wildman–Crippen MR) is 158 cm³/mol. The van der Waals surface area contributed by atoms with Gasteiger partial charge in [-0.05, 0) is 80.3 Å². The van der Waals surface area contributed by atoms with Crippen LogP contribution >= 0.6 is 67.8 Å². The van der Waals surface area contributed by atoms with Gasteiger partial charge in [0.25, 0.3) is 11.8 Å². The summed E-state index contributed by atoms with van der Waals surface area (Å²) in [5.74, 6) is -1.98. The molecular weight excluding hydrogens is 817 g/mol. The molecule has 36 heavy (non-hydrogen) atoms. The molecule has 2 unspecified atom stereocenters. The number of aliphatic hydroxyl groups excluding tert-OH is 3. The molecule has 0 radical (unpaired) electrons. The highest BCUT2D eigenvalue weighted by Crippen LogP contribution is 2.36. The van der Waals surface area contributed by atoms with Crippen LogP contribution in [0.15, 0.2) is 12.7 Å². The molecule has 0 heterocycles. The lowest BCUT2D eigenvalue weighted by Crippen LogP contribution is -2.37. The van der Waals surface area contributed by atoms with Crippen molar-refractivity contribution in [3.05, 3.63) is 34.5 Å². The number of anilines is 1. The molecule has 0 aliphatic rings. The molecule has 1 rings (SSSR count). The maximum absolute atomic E-state index is 13.0. The largest absolute Gasteiger partial charge is 0.440 e. The molecule has 1 aromatic carbocycles. The SMILES string of the molecule is C=CC(=O)NCCCC(=O)Nc1c(I)c(C(=O)NCC(O)CO)c(I)c(C(=O)NCC([OH2+])CO)c1I. The second kappa shape index (κ2) is 16.7. The van der Waals surface area contributed by atoms with Gasteiger partial charge in [-0.2, -0.15) is 0 Å². The van der Waals surface area contributed by atoms with E-state index in [0.29, 0.717) is 13.6 Å². The molecule has 9 N–H and O–H groups in total. The first-order valence-corrected chi connectivity index (χ1v) is 13.8. The smallest absolute Gasteiger partial charge is 0.253 e. The van der Waals surface area contributed by atoms with Gasteiger partial charge in [-0.3, -0.25) is 19.2 Å². The summed E-state index contributed by atoms with van der Waals surface area (Å²) in [7, 11) is 0. The maximum Gasteiger partial charge on any atom is 0.253 e. The number of aliphatic hydroxyl groups is 3. The highest BCUT2D eigenvalue weighted by Gasteiger charge is 2.29. The topological polar surface area (TPSA) is 200 Å². The summed E-state index contributed by atoms with van der Waals surface area (Å²) < 4.78 is 1.01. The lowest BCUT2D eigenvalue weighted by molar-refractivity contribution is -0.118. The number of hydrogen-bond acceptors (Lipinski definition) is 7. The highest BCUT2D eigenvalue weighted by atomic mass is 127. The lowest BCUT2D eigenvalue weighted by atomic mass is 10.1. The van der Waals surface area contributed by atoms with Crippen LogP contribution < -0.4 is 21.3 Å². The summed E-state index contributed by atoms with van der Waals surface area (Å²) in [5, 5.41) is 45.7. The van der Waals surface area contributed by atoms with Crippen LogP contribution in [0.3, 0.4) is 0 Å². The molecule has 2 atom stereocenters. The fraction of sp³-hybridized carbons (Fsp3) is 0.429. The Bertz CT molecular complexity index is 939. The van der Waals surface area contributed by atoms with Crippen molar-refractivity contribution in [2.45, 2.75) is 25.0 Å². The minimum atomic E-state index is -1.18. The number of benzene rings is 1. The molecular formula is C21H28I3N4O8+. The summed E-state index contributed by atoms with van der Waals surface area (Å²) in [6.45, 7) is 2.24. The highest BCUT2D eigenvalue weighted by molar-refractivity contribution is 14.1. The number of carbonyl (C=O) groups is 4. The van der Waals surface area contributed by atoms with Crippen molar-refractivity contribution >= 4 is 97.1 Å². The number of halogens is 3. The molecule has 1 aromatic rings. The van der Waals surface area contributed by atoms with E-state index in [1.807, 2.05) is 67.8 Å². The van der Waals surface area contributed by atoms with E-state index in [1.54, 1.807) is 0 Å². The quantitative estimate of drug-likeness (QED) is 0.0563. The molecule has 15 heteroatoms. The molecule has 0 fully saturated rings. The normalized spacial score (nSPS) is 12.3. The van der Waals surface area contributed by atoms with Gasteiger partial charge in [0, 0.05) is 23.1 Å². The third-order valence-electron chi connectivity index (χ3n) is 4.54. The van der Waals surface area contributed by atoms with Gasteiger partial charge in [-0.15, -0.1) is 0 Å². The summed E-state index contributed by atoms with van der Waals surface area (Å²) in [6, 6.07) is 0. The summed E-state index contributed by atoms with van der Waals surface area (Å²) in [6.07, 6.45) is -0.591. The number of carbonyl (C=O) groups excluding carboxylic acids is 4. The van der Waals surface area contributed by atoms with Crippen LogP contribution in [-0.4, -0.2) is 89.1 Å². The maximum atomic E-state index is 13.0. The van der Waals surface area contributed by atoms with Crippen LogP contribution in [0.5, 0.6) is 0 Å². The fourth-order valence-electron chi connectivity index (χ4n) is 2.64. The van der Waals surface area contributed by atoms with Gasteiger partial charge in [0.2, 0.25) is 11.8 Å². The van der Waals surface area contributed by atoms with Crippen LogP contribution in [-0.2, 0) is 9.59 Å². The Balaban J connectivity index is 3.32. The van der Waals surface area contributed by atoms with E-state index in [0.717, 1.165) is 6.08 Å². The Morgan fingerprint density at radius 1 is 0.917 bits per heavy atom. The van der Waals surface area contributed by atoms with Crippen molar-refractivity contribution in [3.63, 3.8) is 0 Å². The van der Waals surface area contributed by atoms with Crippen molar-refractivity contribution in [3.8, 4) is 0 Å². The predicted octanol–water partition coefficient (Wildman–Crippen LogP) is -0.580. The van der Waals surface area contributed by atoms with E-state index in [2.05, 4.69) is 27.8 Å². The van der Waals surface area contributed by atoms with E-state index < -0.39 is 43.1 Å². The first kappa shape index (κ1) is 32.9. The van der Waals surface area contributed by atoms with E-state index in [9.17, 15) is 24.3 Å². The van der Waals surface area contributed by atoms with Gasteiger partial charge in [0.15, 0.2) is 6.10 Å². The molecule has 0 aliphatic heterocycles. The summed E-state index contributed by atoms with van der Waals surface area (Å²) >= 11 is 5.62.